The number of hydrogen-bond donors (Lipinski definition) is 2. The number of nitrogens with zero attached hydrogens (tertiary/aromatic N) is 2. The van der Waals surface area contributed by atoms with Gasteiger partial charge >= 0.3 is 0 Å². The van der Waals surface area contributed by atoms with Gasteiger partial charge in [0.2, 0.25) is 5.91 Å². The molecule has 2 heterocycles. The Morgan fingerprint density at radius 3 is 2.50 bits per heavy atom. The van der Waals surface area contributed by atoms with Gasteiger partial charge in [0, 0.05) is 31.5 Å². The maximum absolute atomic E-state index is 12.0. The number of carbonyl (C=O) groups is 1. The third-order valence-electron chi connectivity index (χ3n) is 3.98. The summed E-state index contributed by atoms with van der Waals surface area (Å²) in [5.41, 5.74) is 8.27. The molecule has 1 saturated heterocycles. The summed E-state index contributed by atoms with van der Waals surface area (Å²) in [5, 5.41) is 2.92. The van der Waals surface area contributed by atoms with Crippen LogP contribution in [0.25, 0.3) is 0 Å². The Kier molecular flexibility index (Phi) is 5.28. The van der Waals surface area contributed by atoms with Crippen LogP contribution < -0.4 is 16.0 Å². The van der Waals surface area contributed by atoms with Crippen LogP contribution in [0.5, 0.6) is 0 Å². The minimum absolute atomic E-state index is 0.0166. The van der Waals surface area contributed by atoms with Gasteiger partial charge in [-0.1, -0.05) is 18.2 Å². The van der Waals surface area contributed by atoms with Crippen LogP contribution in [0.1, 0.15) is 11.1 Å². The van der Waals surface area contributed by atoms with Crippen molar-refractivity contribution in [2.45, 2.75) is 13.0 Å². The number of pyridine rings is 1. The van der Waals surface area contributed by atoms with E-state index in [0.717, 1.165) is 43.2 Å². The Morgan fingerprint density at radius 2 is 1.83 bits per heavy atom. The number of aromatic nitrogens is 1. The molecule has 2 aromatic rings. The van der Waals surface area contributed by atoms with Crippen molar-refractivity contribution in [3.8, 4) is 0 Å². The van der Waals surface area contributed by atoms with E-state index in [1.807, 2.05) is 30.5 Å². The normalized spacial score (nSPS) is 14.4. The predicted molar refractivity (Wildman–Crippen MR) is 93.7 cm³/mol. The number of carbonyl (C=O) groups excluding carboxylic acids is 1. The lowest BCUT2D eigenvalue weighted by molar-refractivity contribution is -0.120. The Bertz CT molecular complexity index is 664. The van der Waals surface area contributed by atoms with E-state index in [0.29, 0.717) is 18.7 Å². The summed E-state index contributed by atoms with van der Waals surface area (Å²) >= 11 is 0. The minimum Gasteiger partial charge on any atom is -0.399 e. The van der Waals surface area contributed by atoms with E-state index >= 15 is 0 Å². The minimum atomic E-state index is -0.0166. The summed E-state index contributed by atoms with van der Waals surface area (Å²) in [6.07, 6.45) is 2.16. The molecule has 1 amide bonds. The summed E-state index contributed by atoms with van der Waals surface area (Å²) in [6.45, 7) is 3.69. The highest BCUT2D eigenvalue weighted by Gasteiger charge is 2.12. The number of hydrogen-bond acceptors (Lipinski definition) is 5. The maximum Gasteiger partial charge on any atom is 0.224 e. The van der Waals surface area contributed by atoms with Gasteiger partial charge in [0.15, 0.2) is 0 Å². The molecule has 0 unspecified atom stereocenters. The van der Waals surface area contributed by atoms with Crippen LogP contribution in [0.2, 0.25) is 0 Å². The third kappa shape index (κ3) is 4.45. The highest BCUT2D eigenvalue weighted by molar-refractivity contribution is 5.78. The van der Waals surface area contributed by atoms with Gasteiger partial charge < -0.3 is 20.7 Å². The molecule has 0 radical (unpaired) electrons. The second kappa shape index (κ2) is 7.79. The van der Waals surface area contributed by atoms with Crippen molar-refractivity contribution >= 4 is 17.4 Å². The number of morpholine rings is 1. The zero-order chi connectivity index (χ0) is 16.8. The quantitative estimate of drug-likeness (QED) is 0.811. The molecule has 1 aromatic carbocycles. The van der Waals surface area contributed by atoms with Crippen molar-refractivity contribution in [1.82, 2.24) is 10.3 Å². The molecule has 0 bridgehead atoms. The van der Waals surface area contributed by atoms with Gasteiger partial charge in [-0.25, -0.2) is 4.98 Å². The third-order valence-corrected chi connectivity index (χ3v) is 3.98. The summed E-state index contributed by atoms with van der Waals surface area (Å²) in [4.78, 5) is 18.7. The Labute approximate surface area is 141 Å². The molecule has 0 saturated carbocycles. The molecule has 6 nitrogen and oxygen atoms in total. The zero-order valence-corrected chi connectivity index (χ0v) is 13.6. The summed E-state index contributed by atoms with van der Waals surface area (Å²) in [6, 6.07) is 11.3. The molecule has 0 aliphatic carbocycles. The molecule has 1 fully saturated rings. The zero-order valence-electron chi connectivity index (χ0n) is 13.6. The molecule has 3 rings (SSSR count). The first-order valence-electron chi connectivity index (χ1n) is 8.09. The standard InChI is InChI=1S/C18H22N4O2/c19-16-4-1-14(2-5-16)11-18(23)21-13-15-3-6-17(20-12-15)22-7-9-24-10-8-22/h1-6,12H,7-11,13,19H2,(H,21,23). The van der Waals surface area contributed by atoms with Crippen molar-refractivity contribution in [3.63, 3.8) is 0 Å². The van der Waals surface area contributed by atoms with E-state index in [1.54, 1.807) is 12.1 Å². The molecule has 6 heteroatoms. The Morgan fingerprint density at radius 1 is 1.12 bits per heavy atom. The monoisotopic (exact) mass is 326 g/mol. The van der Waals surface area contributed by atoms with Gasteiger partial charge in [-0.05, 0) is 29.3 Å². The van der Waals surface area contributed by atoms with Crippen molar-refractivity contribution in [3.05, 3.63) is 53.7 Å². The molecule has 1 aliphatic heterocycles. The largest absolute Gasteiger partial charge is 0.399 e. The number of rotatable bonds is 5. The first-order chi connectivity index (χ1) is 11.7. The number of benzene rings is 1. The Balaban J connectivity index is 1.49. The number of nitrogens with one attached hydrogen (secondary N) is 1. The number of nitrogens with two attached hydrogens (primary N) is 1. The molecule has 0 spiro atoms. The van der Waals surface area contributed by atoms with E-state index < -0.39 is 0 Å². The summed E-state index contributed by atoms with van der Waals surface area (Å²) in [5.74, 6) is 0.937. The van der Waals surface area contributed by atoms with Crippen molar-refractivity contribution in [2.75, 3.05) is 36.9 Å². The molecule has 1 aromatic heterocycles. The first-order valence-corrected chi connectivity index (χ1v) is 8.09. The van der Waals surface area contributed by atoms with E-state index in [1.165, 1.54) is 0 Å². The van der Waals surface area contributed by atoms with Crippen LogP contribution in [0, 0.1) is 0 Å². The second-order valence-corrected chi connectivity index (χ2v) is 5.82. The fourth-order valence-corrected chi connectivity index (χ4v) is 2.58. The molecule has 24 heavy (non-hydrogen) atoms. The molecule has 3 N–H and O–H groups in total. The lowest BCUT2D eigenvalue weighted by Crippen LogP contribution is -2.36. The summed E-state index contributed by atoms with van der Waals surface area (Å²) in [7, 11) is 0. The number of ether oxygens (including phenoxy) is 1. The van der Waals surface area contributed by atoms with Crippen LogP contribution in [0.4, 0.5) is 11.5 Å². The highest BCUT2D eigenvalue weighted by Crippen LogP contribution is 2.13. The molecule has 126 valence electrons. The van der Waals surface area contributed by atoms with Crippen LogP contribution in [-0.4, -0.2) is 37.2 Å². The lowest BCUT2D eigenvalue weighted by Gasteiger charge is -2.27. The maximum atomic E-state index is 12.0. The second-order valence-electron chi connectivity index (χ2n) is 5.82. The number of amides is 1. The SMILES string of the molecule is Nc1ccc(CC(=O)NCc2ccc(N3CCOCC3)nc2)cc1. The van der Waals surface area contributed by atoms with Crippen LogP contribution in [-0.2, 0) is 22.5 Å². The topological polar surface area (TPSA) is 80.5 Å². The van der Waals surface area contributed by atoms with E-state index in [2.05, 4.69) is 15.2 Å². The highest BCUT2D eigenvalue weighted by atomic mass is 16.5. The van der Waals surface area contributed by atoms with Crippen molar-refractivity contribution in [2.24, 2.45) is 0 Å². The van der Waals surface area contributed by atoms with Gasteiger partial charge in [-0.15, -0.1) is 0 Å². The fraction of sp³-hybridized carbons (Fsp3) is 0.333. The first kappa shape index (κ1) is 16.3. The average Bonchev–Trinajstić information content (AvgIpc) is 2.63. The lowest BCUT2D eigenvalue weighted by atomic mass is 10.1. The number of nitrogen functional groups attached to an aromatic ring is 1. The van der Waals surface area contributed by atoms with Crippen LogP contribution in [0.3, 0.4) is 0 Å². The molecule has 1 aliphatic rings. The van der Waals surface area contributed by atoms with Crippen molar-refractivity contribution in [1.29, 1.82) is 0 Å². The van der Waals surface area contributed by atoms with E-state index in [9.17, 15) is 4.79 Å². The van der Waals surface area contributed by atoms with Gasteiger partial charge in [-0.3, -0.25) is 4.79 Å². The molecule has 0 atom stereocenters. The van der Waals surface area contributed by atoms with E-state index in [-0.39, 0.29) is 5.91 Å². The Hall–Kier alpha value is -2.60. The van der Waals surface area contributed by atoms with Crippen LogP contribution >= 0.6 is 0 Å². The van der Waals surface area contributed by atoms with E-state index in [4.69, 9.17) is 10.5 Å². The van der Waals surface area contributed by atoms with Crippen molar-refractivity contribution < 1.29 is 9.53 Å². The van der Waals surface area contributed by atoms with Gasteiger partial charge in [0.1, 0.15) is 5.82 Å². The van der Waals surface area contributed by atoms with Crippen LogP contribution in [0.15, 0.2) is 42.6 Å². The van der Waals surface area contributed by atoms with Gasteiger partial charge in [0.05, 0.1) is 19.6 Å². The van der Waals surface area contributed by atoms with Gasteiger partial charge in [-0.2, -0.15) is 0 Å². The smallest absolute Gasteiger partial charge is 0.224 e. The molecular weight excluding hydrogens is 304 g/mol. The average molecular weight is 326 g/mol. The van der Waals surface area contributed by atoms with Gasteiger partial charge in [0.25, 0.3) is 0 Å². The summed E-state index contributed by atoms with van der Waals surface area (Å²) < 4.78 is 5.34. The molecular formula is C18H22N4O2. The fourth-order valence-electron chi connectivity index (χ4n) is 2.58. The predicted octanol–water partition coefficient (Wildman–Crippen LogP) is 1.36. The number of anilines is 2.